The van der Waals surface area contributed by atoms with E-state index >= 15 is 0 Å². The standard InChI is InChI=1S/C19H20O/c1-14-6-5-7-15(12-14)10-11-19(20)18-13-17(18)16-8-3-2-4-9-16/h2-9,12,17-18H,10-11,13H2,1H3. The lowest BCUT2D eigenvalue weighted by molar-refractivity contribution is -0.120. The van der Waals surface area contributed by atoms with Crippen LogP contribution in [0.25, 0.3) is 0 Å². The van der Waals surface area contributed by atoms with Crippen LogP contribution in [0.2, 0.25) is 0 Å². The summed E-state index contributed by atoms with van der Waals surface area (Å²) in [6.07, 6.45) is 2.59. The lowest BCUT2D eigenvalue weighted by atomic mass is 10.0. The molecule has 2 aromatic rings. The van der Waals surface area contributed by atoms with Gasteiger partial charge in [0.1, 0.15) is 5.78 Å². The molecule has 0 heterocycles. The third-order valence-corrected chi connectivity index (χ3v) is 4.17. The van der Waals surface area contributed by atoms with Crippen LogP contribution in [-0.4, -0.2) is 5.78 Å². The van der Waals surface area contributed by atoms with Gasteiger partial charge in [-0.25, -0.2) is 0 Å². The number of carbonyl (C=O) groups excluding carboxylic acids is 1. The summed E-state index contributed by atoms with van der Waals surface area (Å²) in [7, 11) is 0. The van der Waals surface area contributed by atoms with Gasteiger partial charge in [-0.1, -0.05) is 60.2 Å². The Bertz CT molecular complexity index is 600. The van der Waals surface area contributed by atoms with Crippen molar-refractivity contribution in [3.05, 3.63) is 71.3 Å². The zero-order valence-electron chi connectivity index (χ0n) is 11.9. The Labute approximate surface area is 120 Å². The lowest BCUT2D eigenvalue weighted by Gasteiger charge is -2.03. The predicted octanol–water partition coefficient (Wildman–Crippen LogP) is 4.30. The summed E-state index contributed by atoms with van der Waals surface area (Å²) in [6, 6.07) is 18.9. The summed E-state index contributed by atoms with van der Waals surface area (Å²) in [5.41, 5.74) is 3.86. The number of aryl methyl sites for hydroxylation is 2. The number of carbonyl (C=O) groups is 1. The minimum atomic E-state index is 0.266. The topological polar surface area (TPSA) is 17.1 Å². The Kier molecular flexibility index (Phi) is 3.68. The van der Waals surface area contributed by atoms with Gasteiger partial charge in [-0.15, -0.1) is 0 Å². The summed E-state index contributed by atoms with van der Waals surface area (Å²) < 4.78 is 0. The van der Waals surface area contributed by atoms with E-state index in [9.17, 15) is 4.79 Å². The molecule has 20 heavy (non-hydrogen) atoms. The van der Waals surface area contributed by atoms with Crippen molar-refractivity contribution in [1.29, 1.82) is 0 Å². The molecule has 2 aromatic carbocycles. The molecule has 0 radical (unpaired) electrons. The maximum atomic E-state index is 12.2. The average molecular weight is 264 g/mol. The van der Waals surface area contributed by atoms with Crippen molar-refractivity contribution >= 4 is 5.78 Å². The molecule has 0 N–H and O–H groups in total. The summed E-state index contributed by atoms with van der Waals surface area (Å²) in [5, 5.41) is 0. The highest BCUT2D eigenvalue weighted by Crippen LogP contribution is 2.48. The highest BCUT2D eigenvalue weighted by Gasteiger charge is 2.42. The van der Waals surface area contributed by atoms with E-state index in [1.807, 2.05) is 6.07 Å². The maximum Gasteiger partial charge on any atom is 0.136 e. The fourth-order valence-corrected chi connectivity index (χ4v) is 2.94. The van der Waals surface area contributed by atoms with Crippen molar-refractivity contribution in [2.75, 3.05) is 0 Å². The first kappa shape index (κ1) is 13.1. The van der Waals surface area contributed by atoms with Gasteiger partial charge in [0.2, 0.25) is 0 Å². The summed E-state index contributed by atoms with van der Waals surface area (Å²) in [5.74, 6) is 1.17. The molecule has 0 spiro atoms. The van der Waals surface area contributed by atoms with E-state index in [0.717, 1.165) is 12.8 Å². The summed E-state index contributed by atoms with van der Waals surface area (Å²) in [4.78, 5) is 12.2. The molecule has 1 heteroatoms. The normalized spacial score (nSPS) is 20.6. The molecule has 0 aliphatic heterocycles. The van der Waals surface area contributed by atoms with Gasteiger partial charge in [0.15, 0.2) is 0 Å². The van der Waals surface area contributed by atoms with Crippen LogP contribution in [0.4, 0.5) is 0 Å². The Morgan fingerprint density at radius 3 is 2.65 bits per heavy atom. The van der Waals surface area contributed by atoms with Gasteiger partial charge in [0, 0.05) is 12.3 Å². The van der Waals surface area contributed by atoms with Crippen LogP contribution in [0, 0.1) is 12.8 Å². The number of Topliss-reactive ketones (excluding diaryl/α,β-unsaturated/α-hetero) is 1. The molecule has 1 nitrogen and oxygen atoms in total. The number of hydrogen-bond acceptors (Lipinski definition) is 1. The van der Waals surface area contributed by atoms with Crippen molar-refractivity contribution in [2.45, 2.75) is 32.1 Å². The second-order valence-electron chi connectivity index (χ2n) is 5.81. The van der Waals surface area contributed by atoms with Crippen LogP contribution in [0.1, 0.15) is 35.4 Å². The monoisotopic (exact) mass is 264 g/mol. The SMILES string of the molecule is Cc1cccc(CCC(=O)C2CC2c2ccccc2)c1. The number of ketones is 1. The second-order valence-corrected chi connectivity index (χ2v) is 5.81. The van der Waals surface area contributed by atoms with E-state index in [0.29, 0.717) is 18.1 Å². The van der Waals surface area contributed by atoms with E-state index in [1.54, 1.807) is 0 Å². The minimum Gasteiger partial charge on any atom is -0.299 e. The lowest BCUT2D eigenvalue weighted by Crippen LogP contribution is -2.04. The molecule has 1 aliphatic carbocycles. The van der Waals surface area contributed by atoms with E-state index in [2.05, 4.69) is 55.5 Å². The van der Waals surface area contributed by atoms with Crippen molar-refractivity contribution in [3.63, 3.8) is 0 Å². The third kappa shape index (κ3) is 2.98. The van der Waals surface area contributed by atoms with Crippen LogP contribution in [0.3, 0.4) is 0 Å². The second kappa shape index (κ2) is 5.62. The molecule has 2 unspecified atom stereocenters. The quantitative estimate of drug-likeness (QED) is 0.787. The van der Waals surface area contributed by atoms with Gasteiger partial charge < -0.3 is 0 Å². The highest BCUT2D eigenvalue weighted by atomic mass is 16.1. The molecule has 0 aromatic heterocycles. The van der Waals surface area contributed by atoms with Gasteiger partial charge in [-0.2, -0.15) is 0 Å². The van der Waals surface area contributed by atoms with Gasteiger partial charge >= 0.3 is 0 Å². The van der Waals surface area contributed by atoms with Crippen LogP contribution in [0.5, 0.6) is 0 Å². The number of benzene rings is 2. The molecule has 0 amide bonds. The van der Waals surface area contributed by atoms with Gasteiger partial charge in [0.05, 0.1) is 0 Å². The van der Waals surface area contributed by atoms with Gasteiger partial charge in [0.25, 0.3) is 0 Å². The molecule has 0 bridgehead atoms. The predicted molar refractivity (Wildman–Crippen MR) is 81.8 cm³/mol. The number of hydrogen-bond donors (Lipinski definition) is 0. The van der Waals surface area contributed by atoms with Crippen LogP contribution in [0.15, 0.2) is 54.6 Å². The fraction of sp³-hybridized carbons (Fsp3) is 0.316. The van der Waals surface area contributed by atoms with Crippen molar-refractivity contribution in [1.82, 2.24) is 0 Å². The third-order valence-electron chi connectivity index (χ3n) is 4.17. The first-order chi connectivity index (χ1) is 9.74. The Balaban J connectivity index is 1.54. The first-order valence-corrected chi connectivity index (χ1v) is 7.37. The molecule has 1 fully saturated rings. The first-order valence-electron chi connectivity index (χ1n) is 7.37. The molecule has 3 rings (SSSR count). The number of rotatable bonds is 5. The Morgan fingerprint density at radius 2 is 1.90 bits per heavy atom. The van der Waals surface area contributed by atoms with Crippen LogP contribution >= 0.6 is 0 Å². The van der Waals surface area contributed by atoms with E-state index in [-0.39, 0.29) is 5.92 Å². The van der Waals surface area contributed by atoms with Crippen molar-refractivity contribution < 1.29 is 4.79 Å². The smallest absolute Gasteiger partial charge is 0.136 e. The maximum absolute atomic E-state index is 12.2. The Hall–Kier alpha value is -1.89. The molecule has 1 saturated carbocycles. The molecular formula is C19H20O. The van der Waals surface area contributed by atoms with Crippen LogP contribution < -0.4 is 0 Å². The summed E-state index contributed by atoms with van der Waals surface area (Å²) in [6.45, 7) is 2.09. The highest BCUT2D eigenvalue weighted by molar-refractivity contribution is 5.85. The van der Waals surface area contributed by atoms with E-state index < -0.39 is 0 Å². The fourth-order valence-electron chi connectivity index (χ4n) is 2.94. The average Bonchev–Trinajstić information content (AvgIpc) is 3.26. The summed E-state index contributed by atoms with van der Waals surface area (Å²) >= 11 is 0. The van der Waals surface area contributed by atoms with Crippen molar-refractivity contribution in [2.24, 2.45) is 5.92 Å². The van der Waals surface area contributed by atoms with Crippen molar-refractivity contribution in [3.8, 4) is 0 Å². The zero-order valence-corrected chi connectivity index (χ0v) is 11.9. The van der Waals surface area contributed by atoms with Gasteiger partial charge in [-0.3, -0.25) is 4.79 Å². The van der Waals surface area contributed by atoms with E-state index in [4.69, 9.17) is 0 Å². The Morgan fingerprint density at radius 1 is 1.10 bits per heavy atom. The minimum absolute atomic E-state index is 0.266. The molecular weight excluding hydrogens is 244 g/mol. The molecule has 2 atom stereocenters. The van der Waals surface area contributed by atoms with Crippen LogP contribution in [-0.2, 0) is 11.2 Å². The zero-order chi connectivity index (χ0) is 13.9. The van der Waals surface area contributed by atoms with Gasteiger partial charge in [-0.05, 0) is 36.8 Å². The largest absolute Gasteiger partial charge is 0.299 e. The molecule has 1 aliphatic rings. The van der Waals surface area contributed by atoms with E-state index in [1.165, 1.54) is 16.7 Å². The molecule has 102 valence electrons. The molecule has 0 saturated heterocycles.